The first-order valence-electron chi connectivity index (χ1n) is 4.63. The molecule has 0 amide bonds. The second-order valence-corrected chi connectivity index (χ2v) is 3.81. The Morgan fingerprint density at radius 3 is 3.00 bits per heavy atom. The Hall–Kier alpha value is -2.02. The molecule has 1 aromatic rings. The number of carbonyl (C=O) groups is 1. The predicted molar refractivity (Wildman–Crippen MR) is 51.0 cm³/mol. The lowest BCUT2D eigenvalue weighted by Crippen LogP contribution is -2.08. The summed E-state index contributed by atoms with van der Waals surface area (Å²) in [7, 11) is 0. The SMILES string of the molecule is [C-]#[N+]c1ccc2c(c1)C1C(O2)C1C(=O)O. The summed E-state index contributed by atoms with van der Waals surface area (Å²) in [5.41, 5.74) is 1.41. The average Bonchev–Trinajstić information content (AvgIpc) is 2.83. The molecule has 1 N–H and O–H groups in total. The Morgan fingerprint density at radius 2 is 2.33 bits per heavy atom. The molecule has 0 aromatic heterocycles. The third kappa shape index (κ3) is 0.975. The number of rotatable bonds is 1. The highest BCUT2D eigenvalue weighted by atomic mass is 16.5. The Labute approximate surface area is 85.9 Å². The zero-order valence-electron chi connectivity index (χ0n) is 7.68. The first-order chi connectivity index (χ1) is 7.22. The summed E-state index contributed by atoms with van der Waals surface area (Å²) in [6, 6.07) is 5.16. The maximum absolute atomic E-state index is 10.8. The number of aliphatic carboxylic acids is 1. The van der Waals surface area contributed by atoms with Gasteiger partial charge in [0.1, 0.15) is 17.8 Å². The van der Waals surface area contributed by atoms with Gasteiger partial charge in [-0.05, 0) is 17.7 Å². The lowest BCUT2D eigenvalue weighted by Gasteiger charge is -2.05. The van der Waals surface area contributed by atoms with Gasteiger partial charge in [-0.25, -0.2) is 4.85 Å². The van der Waals surface area contributed by atoms with E-state index >= 15 is 0 Å². The van der Waals surface area contributed by atoms with Gasteiger partial charge < -0.3 is 9.84 Å². The number of carboxylic acids is 1. The monoisotopic (exact) mass is 201 g/mol. The van der Waals surface area contributed by atoms with Crippen LogP contribution in [0, 0.1) is 12.5 Å². The Morgan fingerprint density at radius 1 is 1.53 bits per heavy atom. The van der Waals surface area contributed by atoms with E-state index in [2.05, 4.69) is 4.85 Å². The second-order valence-electron chi connectivity index (χ2n) is 3.81. The molecule has 2 aliphatic rings. The molecule has 1 fully saturated rings. The summed E-state index contributed by atoms with van der Waals surface area (Å²) >= 11 is 0. The smallest absolute Gasteiger partial charge is 0.311 e. The van der Waals surface area contributed by atoms with Gasteiger partial charge in [0.2, 0.25) is 0 Å². The van der Waals surface area contributed by atoms with Crippen molar-refractivity contribution in [3.8, 4) is 5.75 Å². The summed E-state index contributed by atoms with van der Waals surface area (Å²) in [6.45, 7) is 6.89. The topological polar surface area (TPSA) is 50.9 Å². The van der Waals surface area contributed by atoms with Crippen LogP contribution in [-0.2, 0) is 4.79 Å². The Balaban J connectivity index is 2.01. The Bertz CT molecular complexity index is 503. The molecule has 4 heteroatoms. The van der Waals surface area contributed by atoms with E-state index < -0.39 is 11.9 Å². The number of fused-ring (bicyclic) bond motifs is 3. The van der Waals surface area contributed by atoms with Crippen molar-refractivity contribution >= 4 is 11.7 Å². The lowest BCUT2D eigenvalue weighted by atomic mass is 10.1. The summed E-state index contributed by atoms with van der Waals surface area (Å²) in [6.07, 6.45) is -0.210. The van der Waals surface area contributed by atoms with Gasteiger partial charge in [-0.1, -0.05) is 6.07 Å². The molecule has 3 rings (SSSR count). The van der Waals surface area contributed by atoms with Crippen LogP contribution in [0.3, 0.4) is 0 Å². The lowest BCUT2D eigenvalue weighted by molar-refractivity contribution is -0.139. The minimum absolute atomic E-state index is 0.0424. The first-order valence-corrected chi connectivity index (χ1v) is 4.63. The van der Waals surface area contributed by atoms with Crippen LogP contribution in [0.2, 0.25) is 0 Å². The molecule has 0 radical (unpaired) electrons. The van der Waals surface area contributed by atoms with Gasteiger partial charge in [0.15, 0.2) is 5.69 Å². The summed E-state index contributed by atoms with van der Waals surface area (Å²) in [5.74, 6) is -0.545. The van der Waals surface area contributed by atoms with E-state index in [0.29, 0.717) is 5.69 Å². The van der Waals surface area contributed by atoms with E-state index in [9.17, 15) is 4.79 Å². The van der Waals surface area contributed by atoms with Crippen molar-refractivity contribution in [2.45, 2.75) is 12.0 Å². The number of hydrogen-bond donors (Lipinski definition) is 1. The van der Waals surface area contributed by atoms with E-state index in [1.54, 1.807) is 18.2 Å². The van der Waals surface area contributed by atoms with Crippen LogP contribution < -0.4 is 4.74 Å². The van der Waals surface area contributed by atoms with Crippen molar-refractivity contribution in [3.63, 3.8) is 0 Å². The standard InChI is InChI=1S/C11H7NO3/c1-12-5-2-3-7-6(4-5)8-9(11(13)14)10(8)15-7/h2-4,8-10H,(H,13,14). The molecule has 4 nitrogen and oxygen atoms in total. The summed E-state index contributed by atoms with van der Waals surface area (Å²) in [5, 5.41) is 8.87. The number of ether oxygens (including phenoxy) is 1. The van der Waals surface area contributed by atoms with Crippen LogP contribution in [0.1, 0.15) is 11.5 Å². The van der Waals surface area contributed by atoms with Crippen LogP contribution in [-0.4, -0.2) is 17.2 Å². The normalized spacial score (nSPS) is 29.7. The fraction of sp³-hybridized carbons (Fsp3) is 0.273. The fourth-order valence-electron chi connectivity index (χ4n) is 2.21. The third-order valence-electron chi connectivity index (χ3n) is 2.98. The van der Waals surface area contributed by atoms with E-state index in [-0.39, 0.29) is 12.0 Å². The number of benzene rings is 1. The van der Waals surface area contributed by atoms with Crippen LogP contribution >= 0.6 is 0 Å². The largest absolute Gasteiger partial charge is 0.489 e. The molecule has 0 saturated heterocycles. The quantitative estimate of drug-likeness (QED) is 0.705. The van der Waals surface area contributed by atoms with Gasteiger partial charge in [-0.15, -0.1) is 0 Å². The van der Waals surface area contributed by atoms with Crippen molar-refractivity contribution in [2.24, 2.45) is 5.92 Å². The first kappa shape index (κ1) is 8.30. The van der Waals surface area contributed by atoms with Gasteiger partial charge in [-0.3, -0.25) is 4.79 Å². The zero-order chi connectivity index (χ0) is 10.6. The van der Waals surface area contributed by atoms with Gasteiger partial charge in [0.25, 0.3) is 0 Å². The molecule has 1 saturated carbocycles. The zero-order valence-corrected chi connectivity index (χ0v) is 7.68. The van der Waals surface area contributed by atoms with Gasteiger partial charge in [0.05, 0.1) is 6.57 Å². The van der Waals surface area contributed by atoms with Crippen molar-refractivity contribution in [2.75, 3.05) is 0 Å². The maximum Gasteiger partial charge on any atom is 0.311 e. The van der Waals surface area contributed by atoms with Crippen molar-refractivity contribution < 1.29 is 14.6 Å². The van der Waals surface area contributed by atoms with E-state index in [1.165, 1.54) is 0 Å². The number of carboxylic acid groups (broad SMARTS) is 1. The number of hydrogen-bond acceptors (Lipinski definition) is 2. The van der Waals surface area contributed by atoms with E-state index in [1.807, 2.05) is 0 Å². The second kappa shape index (κ2) is 2.51. The van der Waals surface area contributed by atoms with E-state index in [4.69, 9.17) is 16.4 Å². The molecule has 74 valence electrons. The molecule has 0 bridgehead atoms. The van der Waals surface area contributed by atoms with E-state index in [0.717, 1.165) is 11.3 Å². The molecule has 3 unspecified atom stereocenters. The van der Waals surface area contributed by atoms with Gasteiger partial charge in [0, 0.05) is 5.92 Å². The van der Waals surface area contributed by atoms with Crippen LogP contribution in [0.5, 0.6) is 5.75 Å². The molecule has 0 spiro atoms. The minimum atomic E-state index is -0.816. The van der Waals surface area contributed by atoms with Crippen molar-refractivity contribution in [1.82, 2.24) is 0 Å². The van der Waals surface area contributed by atoms with Crippen LogP contribution in [0.25, 0.3) is 4.85 Å². The maximum atomic E-state index is 10.8. The van der Waals surface area contributed by atoms with Crippen LogP contribution in [0.4, 0.5) is 5.69 Å². The molecular formula is C11H7NO3. The highest BCUT2D eigenvalue weighted by molar-refractivity contribution is 5.79. The van der Waals surface area contributed by atoms with Gasteiger partial charge >= 0.3 is 5.97 Å². The highest BCUT2D eigenvalue weighted by Crippen LogP contribution is 2.58. The molecule has 15 heavy (non-hydrogen) atoms. The van der Waals surface area contributed by atoms with Crippen molar-refractivity contribution in [1.29, 1.82) is 0 Å². The molecule has 1 aliphatic carbocycles. The third-order valence-corrected chi connectivity index (χ3v) is 2.98. The van der Waals surface area contributed by atoms with Crippen LogP contribution in [0.15, 0.2) is 18.2 Å². The number of nitrogens with zero attached hydrogens (tertiary/aromatic N) is 1. The minimum Gasteiger partial charge on any atom is -0.489 e. The average molecular weight is 201 g/mol. The Kier molecular flexibility index (Phi) is 1.39. The summed E-state index contributed by atoms with van der Waals surface area (Å²) < 4.78 is 5.47. The molecule has 1 heterocycles. The van der Waals surface area contributed by atoms with Crippen molar-refractivity contribution in [3.05, 3.63) is 35.2 Å². The molecular weight excluding hydrogens is 194 g/mol. The fourth-order valence-corrected chi connectivity index (χ4v) is 2.21. The molecule has 1 aliphatic heterocycles. The summed E-state index contributed by atoms with van der Waals surface area (Å²) in [4.78, 5) is 14.1. The molecule has 1 aromatic carbocycles. The highest BCUT2D eigenvalue weighted by Gasteiger charge is 2.62. The molecule has 3 atom stereocenters. The predicted octanol–water partition coefficient (Wildman–Crippen LogP) is 1.80. The van der Waals surface area contributed by atoms with Gasteiger partial charge in [-0.2, -0.15) is 0 Å².